The third-order valence-corrected chi connectivity index (χ3v) is 4.51. The Kier molecular flexibility index (Phi) is 3.11. The number of alkyl halides is 1. The van der Waals surface area contributed by atoms with E-state index in [1.165, 1.54) is 16.5 Å². The molecule has 1 nitrogen and oxygen atoms in total. The van der Waals surface area contributed by atoms with Crippen molar-refractivity contribution in [2.75, 3.05) is 5.33 Å². The Labute approximate surface area is 106 Å². The van der Waals surface area contributed by atoms with Gasteiger partial charge in [0.05, 0.1) is 0 Å². The molecule has 0 amide bonds. The molecule has 1 aromatic carbocycles. The van der Waals surface area contributed by atoms with Crippen molar-refractivity contribution in [3.63, 3.8) is 0 Å². The minimum Gasteiger partial charge on any atom is -0.351 e. The topological polar surface area (TPSA) is 4.93 Å². The van der Waals surface area contributed by atoms with Gasteiger partial charge < -0.3 is 4.57 Å². The van der Waals surface area contributed by atoms with E-state index in [1.807, 2.05) is 0 Å². The van der Waals surface area contributed by atoms with Gasteiger partial charge in [0.1, 0.15) is 0 Å². The van der Waals surface area contributed by atoms with Gasteiger partial charge >= 0.3 is 0 Å². The number of nitrogens with zero attached hydrogens (tertiary/aromatic N) is 1. The molecule has 1 aromatic heterocycles. The molecule has 0 aliphatic rings. The maximum absolute atomic E-state index is 3.58. The van der Waals surface area contributed by atoms with Crippen LogP contribution in [-0.2, 0) is 13.5 Å². The van der Waals surface area contributed by atoms with E-state index in [4.69, 9.17) is 0 Å². The molecule has 0 fully saturated rings. The second-order valence-corrected chi connectivity index (χ2v) is 5.86. The Morgan fingerprint density at radius 1 is 1.25 bits per heavy atom. The van der Waals surface area contributed by atoms with Crippen molar-refractivity contribution in [2.24, 2.45) is 12.5 Å². The number of benzene rings is 1. The Hall–Kier alpha value is -0.760. The Morgan fingerprint density at radius 2 is 2.00 bits per heavy atom. The van der Waals surface area contributed by atoms with Gasteiger partial charge in [-0.3, -0.25) is 0 Å². The van der Waals surface area contributed by atoms with E-state index in [-0.39, 0.29) is 0 Å². The predicted molar refractivity (Wildman–Crippen MR) is 74.2 cm³/mol. The van der Waals surface area contributed by atoms with Gasteiger partial charge in [-0.2, -0.15) is 0 Å². The van der Waals surface area contributed by atoms with Crippen molar-refractivity contribution >= 4 is 26.8 Å². The zero-order chi connectivity index (χ0) is 11.8. The molecule has 0 spiro atoms. The highest BCUT2D eigenvalue weighted by atomic mass is 79.9. The number of rotatable bonds is 3. The van der Waals surface area contributed by atoms with Crippen LogP contribution in [0, 0.1) is 5.41 Å². The van der Waals surface area contributed by atoms with Gasteiger partial charge in [0.2, 0.25) is 0 Å². The van der Waals surface area contributed by atoms with Crippen LogP contribution in [0.25, 0.3) is 10.9 Å². The average Bonchev–Trinajstić information content (AvgIpc) is 2.60. The molecule has 2 rings (SSSR count). The average molecular weight is 280 g/mol. The molecule has 2 heteroatoms. The summed E-state index contributed by atoms with van der Waals surface area (Å²) in [4.78, 5) is 0. The lowest BCUT2D eigenvalue weighted by Gasteiger charge is -2.21. The summed E-state index contributed by atoms with van der Waals surface area (Å²) in [5.74, 6) is 0. The van der Waals surface area contributed by atoms with Crippen molar-refractivity contribution < 1.29 is 0 Å². The summed E-state index contributed by atoms with van der Waals surface area (Å²) in [6.45, 7) is 4.58. The van der Waals surface area contributed by atoms with Crippen LogP contribution >= 0.6 is 15.9 Å². The number of hydrogen-bond donors (Lipinski definition) is 0. The van der Waals surface area contributed by atoms with Gasteiger partial charge in [0.15, 0.2) is 0 Å². The molecule has 1 heterocycles. The molecule has 0 aliphatic carbocycles. The molecule has 0 N–H and O–H groups in total. The summed E-state index contributed by atoms with van der Waals surface area (Å²) in [6, 6.07) is 8.95. The van der Waals surface area contributed by atoms with Crippen LogP contribution in [0.2, 0.25) is 0 Å². The monoisotopic (exact) mass is 279 g/mol. The number of aromatic nitrogens is 1. The van der Waals surface area contributed by atoms with Crippen LogP contribution in [0.1, 0.15) is 19.4 Å². The fraction of sp³-hybridized carbons (Fsp3) is 0.429. The van der Waals surface area contributed by atoms with Gasteiger partial charge in [-0.05, 0) is 41.0 Å². The number of halogens is 1. The van der Waals surface area contributed by atoms with Crippen molar-refractivity contribution in [1.82, 2.24) is 4.57 Å². The van der Waals surface area contributed by atoms with Gasteiger partial charge in [-0.25, -0.2) is 0 Å². The van der Waals surface area contributed by atoms with Gasteiger partial charge in [0, 0.05) is 24.1 Å². The molecule has 2 aromatic rings. The highest BCUT2D eigenvalue weighted by Gasteiger charge is 2.16. The van der Waals surface area contributed by atoms with Crippen LogP contribution in [-0.4, -0.2) is 9.90 Å². The van der Waals surface area contributed by atoms with Gasteiger partial charge in [-0.15, -0.1) is 0 Å². The first kappa shape index (κ1) is 11.7. The summed E-state index contributed by atoms with van der Waals surface area (Å²) in [5, 5.41) is 2.37. The Bertz CT molecular complexity index is 496. The molecule has 0 unspecified atom stereocenters. The van der Waals surface area contributed by atoms with E-state index in [9.17, 15) is 0 Å². The molecule has 0 atom stereocenters. The van der Waals surface area contributed by atoms with Crippen molar-refractivity contribution in [3.05, 3.63) is 36.0 Å². The highest BCUT2D eigenvalue weighted by molar-refractivity contribution is 9.09. The largest absolute Gasteiger partial charge is 0.351 e. The molecule has 0 saturated carbocycles. The minimum atomic E-state index is 0.322. The standard InChI is InChI=1S/C14H18BrN/c1-14(2,10-15)9-11-4-5-13-12(8-11)6-7-16(13)3/h4-8H,9-10H2,1-3H3. The van der Waals surface area contributed by atoms with E-state index >= 15 is 0 Å². The molecular formula is C14H18BrN. The van der Waals surface area contributed by atoms with Gasteiger partial charge in [-0.1, -0.05) is 35.8 Å². The fourth-order valence-electron chi connectivity index (χ4n) is 2.04. The first-order chi connectivity index (χ1) is 7.52. The molecule has 0 saturated heterocycles. The number of aryl methyl sites for hydroxylation is 1. The smallest absolute Gasteiger partial charge is 0.0477 e. The maximum atomic E-state index is 3.58. The summed E-state index contributed by atoms with van der Waals surface area (Å²) in [6.07, 6.45) is 3.23. The van der Waals surface area contributed by atoms with E-state index in [1.54, 1.807) is 0 Å². The van der Waals surface area contributed by atoms with Crippen LogP contribution in [0.3, 0.4) is 0 Å². The predicted octanol–water partition coefficient (Wildman–Crippen LogP) is 4.14. The third-order valence-electron chi connectivity index (χ3n) is 2.99. The van der Waals surface area contributed by atoms with Crippen molar-refractivity contribution in [2.45, 2.75) is 20.3 Å². The normalized spacial score (nSPS) is 12.2. The maximum Gasteiger partial charge on any atom is 0.0477 e. The van der Waals surface area contributed by atoms with Gasteiger partial charge in [0.25, 0.3) is 0 Å². The molecule has 86 valence electrons. The Balaban J connectivity index is 2.33. The van der Waals surface area contributed by atoms with E-state index in [0.29, 0.717) is 5.41 Å². The first-order valence-corrected chi connectivity index (χ1v) is 6.74. The zero-order valence-corrected chi connectivity index (χ0v) is 11.7. The molecular weight excluding hydrogens is 262 g/mol. The van der Waals surface area contributed by atoms with Crippen LogP contribution in [0.4, 0.5) is 0 Å². The van der Waals surface area contributed by atoms with Crippen LogP contribution in [0.15, 0.2) is 30.5 Å². The summed E-state index contributed by atoms with van der Waals surface area (Å²) in [5.41, 5.74) is 3.05. The molecule has 0 radical (unpaired) electrons. The molecule has 16 heavy (non-hydrogen) atoms. The lowest BCUT2D eigenvalue weighted by Crippen LogP contribution is -2.16. The lowest BCUT2D eigenvalue weighted by molar-refractivity contribution is 0.425. The van der Waals surface area contributed by atoms with Crippen molar-refractivity contribution in [3.8, 4) is 0 Å². The van der Waals surface area contributed by atoms with E-state index in [0.717, 1.165) is 11.8 Å². The second kappa shape index (κ2) is 4.25. The van der Waals surface area contributed by atoms with E-state index in [2.05, 4.69) is 71.9 Å². The fourth-order valence-corrected chi connectivity index (χ4v) is 2.24. The third kappa shape index (κ3) is 2.32. The number of hydrogen-bond acceptors (Lipinski definition) is 0. The van der Waals surface area contributed by atoms with Crippen LogP contribution in [0.5, 0.6) is 0 Å². The SMILES string of the molecule is Cn1ccc2cc(CC(C)(C)CBr)ccc21. The quantitative estimate of drug-likeness (QED) is 0.745. The first-order valence-electron chi connectivity index (χ1n) is 5.62. The summed E-state index contributed by atoms with van der Waals surface area (Å²) in [7, 11) is 2.09. The highest BCUT2D eigenvalue weighted by Crippen LogP contribution is 2.26. The molecule has 0 aliphatic heterocycles. The Morgan fingerprint density at radius 3 is 2.69 bits per heavy atom. The molecule has 0 bridgehead atoms. The summed E-state index contributed by atoms with van der Waals surface area (Å²) >= 11 is 3.58. The number of fused-ring (bicyclic) bond motifs is 1. The zero-order valence-electron chi connectivity index (χ0n) is 10.1. The minimum absolute atomic E-state index is 0.322. The van der Waals surface area contributed by atoms with Crippen molar-refractivity contribution in [1.29, 1.82) is 0 Å². The van der Waals surface area contributed by atoms with Crippen LogP contribution < -0.4 is 0 Å². The second-order valence-electron chi connectivity index (χ2n) is 5.29. The lowest BCUT2D eigenvalue weighted by atomic mass is 9.88. The van der Waals surface area contributed by atoms with E-state index < -0.39 is 0 Å². The summed E-state index contributed by atoms with van der Waals surface area (Å²) < 4.78 is 2.16.